The van der Waals surface area contributed by atoms with Crippen molar-refractivity contribution in [3.63, 3.8) is 0 Å². The van der Waals surface area contributed by atoms with Crippen LogP contribution in [0.4, 0.5) is 0 Å². The van der Waals surface area contributed by atoms with E-state index in [0.29, 0.717) is 25.4 Å². The lowest BCUT2D eigenvalue weighted by atomic mass is 10.1. The van der Waals surface area contributed by atoms with E-state index >= 15 is 0 Å². The number of sulfonamides is 1. The van der Waals surface area contributed by atoms with Crippen molar-refractivity contribution >= 4 is 27.3 Å². The minimum Gasteiger partial charge on any atom is -0.356 e. The summed E-state index contributed by atoms with van der Waals surface area (Å²) >= 11 is 1.72. The van der Waals surface area contributed by atoms with Crippen molar-refractivity contribution in [3.05, 3.63) is 52.2 Å². The number of amides is 1. The summed E-state index contributed by atoms with van der Waals surface area (Å²) in [6.07, 6.45) is 3.48. The summed E-state index contributed by atoms with van der Waals surface area (Å²) in [6.45, 7) is 2.35. The number of thiophene rings is 1. The van der Waals surface area contributed by atoms with Gasteiger partial charge in [-0.25, -0.2) is 13.6 Å². The number of hydrogen-bond donors (Lipinski definition) is 2. The third-order valence-corrected chi connectivity index (χ3v) is 6.54. The molecular weight excluding hydrogens is 382 g/mol. The van der Waals surface area contributed by atoms with E-state index in [9.17, 15) is 13.2 Å². The van der Waals surface area contributed by atoms with Crippen LogP contribution in [0.15, 0.2) is 46.0 Å². The maximum atomic E-state index is 12.1. The van der Waals surface area contributed by atoms with Crippen molar-refractivity contribution < 1.29 is 13.2 Å². The van der Waals surface area contributed by atoms with E-state index in [1.165, 1.54) is 24.1 Å². The summed E-state index contributed by atoms with van der Waals surface area (Å²) < 4.78 is 22.5. The average Bonchev–Trinajstić information content (AvgIpc) is 3.31. The molecule has 6 nitrogen and oxygen atoms in total. The Labute approximate surface area is 164 Å². The highest BCUT2D eigenvalue weighted by atomic mass is 32.2. The van der Waals surface area contributed by atoms with Crippen LogP contribution in [0.25, 0.3) is 0 Å². The molecule has 1 aliphatic heterocycles. The summed E-state index contributed by atoms with van der Waals surface area (Å²) in [7, 11) is -3.66. The molecule has 1 aromatic carbocycles. The van der Waals surface area contributed by atoms with E-state index < -0.39 is 10.0 Å². The Bertz CT molecular complexity index is 849. The monoisotopic (exact) mass is 407 g/mol. The third kappa shape index (κ3) is 5.62. The van der Waals surface area contributed by atoms with Gasteiger partial charge in [-0.3, -0.25) is 9.69 Å². The van der Waals surface area contributed by atoms with Gasteiger partial charge in [0.1, 0.15) is 0 Å². The Balaban J connectivity index is 1.40. The first-order valence-corrected chi connectivity index (χ1v) is 11.6. The van der Waals surface area contributed by atoms with Gasteiger partial charge in [-0.05, 0) is 65.9 Å². The summed E-state index contributed by atoms with van der Waals surface area (Å²) in [6, 6.07) is 9.05. The van der Waals surface area contributed by atoms with Gasteiger partial charge >= 0.3 is 0 Å². The minimum absolute atomic E-state index is 0.0483. The van der Waals surface area contributed by atoms with Gasteiger partial charge in [-0.1, -0.05) is 12.1 Å². The van der Waals surface area contributed by atoms with Crippen molar-refractivity contribution in [1.29, 1.82) is 0 Å². The molecule has 0 spiro atoms. The van der Waals surface area contributed by atoms with E-state index in [2.05, 4.69) is 27.0 Å². The van der Waals surface area contributed by atoms with Gasteiger partial charge < -0.3 is 5.32 Å². The number of primary sulfonamides is 1. The molecular formula is C19H25N3O3S2. The highest BCUT2D eigenvalue weighted by molar-refractivity contribution is 7.89. The smallest absolute Gasteiger partial charge is 0.238 e. The Kier molecular flexibility index (Phi) is 6.64. The van der Waals surface area contributed by atoms with Crippen LogP contribution in [0.2, 0.25) is 0 Å². The Hall–Kier alpha value is -1.74. The number of carbonyl (C=O) groups excluding carboxylic acids is 1. The second-order valence-corrected chi connectivity index (χ2v) is 9.13. The van der Waals surface area contributed by atoms with Crippen LogP contribution in [0.1, 0.15) is 36.4 Å². The van der Waals surface area contributed by atoms with Crippen molar-refractivity contribution in [2.75, 3.05) is 19.6 Å². The zero-order valence-electron chi connectivity index (χ0n) is 15.1. The highest BCUT2D eigenvalue weighted by Gasteiger charge is 2.26. The molecule has 3 rings (SSSR count). The Morgan fingerprint density at radius 3 is 2.70 bits per heavy atom. The van der Waals surface area contributed by atoms with E-state index in [-0.39, 0.29) is 10.8 Å². The van der Waals surface area contributed by atoms with Crippen molar-refractivity contribution in [2.45, 2.75) is 36.6 Å². The summed E-state index contributed by atoms with van der Waals surface area (Å²) in [5.41, 5.74) is 2.32. The van der Waals surface area contributed by atoms with Crippen LogP contribution in [0.3, 0.4) is 0 Å². The molecule has 0 saturated carbocycles. The van der Waals surface area contributed by atoms with Gasteiger partial charge in [-0.15, -0.1) is 0 Å². The first-order valence-electron chi connectivity index (χ1n) is 9.08. The lowest BCUT2D eigenvalue weighted by Gasteiger charge is -2.23. The predicted octanol–water partition coefficient (Wildman–Crippen LogP) is 2.28. The number of nitrogens with zero attached hydrogens (tertiary/aromatic N) is 1. The fourth-order valence-electron chi connectivity index (χ4n) is 3.46. The first kappa shape index (κ1) is 20.0. The molecule has 1 saturated heterocycles. The molecule has 8 heteroatoms. The van der Waals surface area contributed by atoms with Gasteiger partial charge in [0, 0.05) is 25.6 Å². The molecule has 1 aliphatic rings. The van der Waals surface area contributed by atoms with E-state index in [1.807, 2.05) is 0 Å². The molecule has 1 atom stereocenters. The van der Waals surface area contributed by atoms with Crippen LogP contribution in [0, 0.1) is 0 Å². The number of nitrogens with two attached hydrogens (primary N) is 1. The lowest BCUT2D eigenvalue weighted by molar-refractivity contribution is -0.121. The third-order valence-electron chi connectivity index (χ3n) is 4.91. The van der Waals surface area contributed by atoms with Crippen LogP contribution in [-0.4, -0.2) is 38.9 Å². The number of benzene rings is 1. The van der Waals surface area contributed by atoms with Crippen molar-refractivity contribution in [3.8, 4) is 0 Å². The zero-order chi connectivity index (χ0) is 19.3. The molecule has 2 heterocycles. The van der Waals surface area contributed by atoms with Gasteiger partial charge in [-0.2, -0.15) is 11.3 Å². The first-order chi connectivity index (χ1) is 12.9. The topological polar surface area (TPSA) is 92.5 Å². The lowest BCUT2D eigenvalue weighted by Crippen LogP contribution is -2.31. The van der Waals surface area contributed by atoms with E-state index in [1.54, 1.807) is 23.5 Å². The molecule has 1 aromatic heterocycles. The largest absolute Gasteiger partial charge is 0.356 e. The molecule has 1 fully saturated rings. The summed E-state index contributed by atoms with van der Waals surface area (Å²) in [5.74, 6) is 0.0483. The molecule has 2 aromatic rings. The molecule has 0 bridgehead atoms. The molecule has 27 heavy (non-hydrogen) atoms. The minimum atomic E-state index is -3.66. The van der Waals surface area contributed by atoms with E-state index in [4.69, 9.17) is 5.14 Å². The van der Waals surface area contributed by atoms with Gasteiger partial charge in [0.05, 0.1) is 4.90 Å². The number of nitrogens with one attached hydrogen (secondary N) is 1. The maximum absolute atomic E-state index is 12.1. The highest BCUT2D eigenvalue weighted by Crippen LogP contribution is 2.32. The molecule has 146 valence electrons. The standard InChI is InChI=1S/C19H25N3O3S2/c20-27(24,25)17-5-3-15(4-6-17)7-10-21-19(23)8-12-22-11-1-2-18(22)16-9-13-26-14-16/h3-6,9,13-14,18H,1-2,7-8,10-12H2,(H,21,23)(H2,20,24,25)/t18-/m1/s1. The fraction of sp³-hybridized carbons (Fsp3) is 0.421. The van der Waals surface area contributed by atoms with Gasteiger partial charge in [0.25, 0.3) is 0 Å². The summed E-state index contributed by atoms with van der Waals surface area (Å²) in [5, 5.41) is 12.3. The van der Waals surface area contributed by atoms with Gasteiger partial charge in [0.15, 0.2) is 0 Å². The summed E-state index contributed by atoms with van der Waals surface area (Å²) in [4.78, 5) is 14.6. The normalized spacial score (nSPS) is 17.9. The molecule has 3 N–H and O–H groups in total. The van der Waals surface area contributed by atoms with Crippen molar-refractivity contribution in [1.82, 2.24) is 10.2 Å². The van der Waals surface area contributed by atoms with Gasteiger partial charge in [0.2, 0.25) is 15.9 Å². The van der Waals surface area contributed by atoms with E-state index in [0.717, 1.165) is 25.1 Å². The van der Waals surface area contributed by atoms with Crippen LogP contribution >= 0.6 is 11.3 Å². The fourth-order valence-corrected chi connectivity index (χ4v) is 4.68. The average molecular weight is 408 g/mol. The predicted molar refractivity (Wildman–Crippen MR) is 107 cm³/mol. The van der Waals surface area contributed by atoms with Crippen molar-refractivity contribution in [2.24, 2.45) is 5.14 Å². The second kappa shape index (κ2) is 8.97. The Morgan fingerprint density at radius 1 is 1.26 bits per heavy atom. The van der Waals surface area contributed by atoms with Crippen LogP contribution in [0.5, 0.6) is 0 Å². The number of carbonyl (C=O) groups is 1. The quantitative estimate of drug-likeness (QED) is 0.702. The number of rotatable bonds is 8. The number of hydrogen-bond acceptors (Lipinski definition) is 5. The SMILES string of the molecule is NS(=O)(=O)c1ccc(CCNC(=O)CCN2CCC[C@@H]2c2ccsc2)cc1. The number of likely N-dealkylation sites (tertiary alicyclic amines) is 1. The maximum Gasteiger partial charge on any atom is 0.238 e. The van der Waals surface area contributed by atoms with Crippen LogP contribution < -0.4 is 10.5 Å². The Morgan fingerprint density at radius 2 is 2.04 bits per heavy atom. The molecule has 0 aliphatic carbocycles. The molecule has 1 amide bonds. The zero-order valence-corrected chi connectivity index (χ0v) is 16.8. The molecule has 0 unspecified atom stereocenters. The molecule has 0 radical (unpaired) electrons. The second-order valence-electron chi connectivity index (χ2n) is 6.79. The van der Waals surface area contributed by atoms with Crippen LogP contribution in [-0.2, 0) is 21.2 Å².